The number of thioether (sulfide) groups is 1. The summed E-state index contributed by atoms with van der Waals surface area (Å²) >= 11 is 5.96. The van der Waals surface area contributed by atoms with E-state index in [0.717, 1.165) is 40.1 Å². The van der Waals surface area contributed by atoms with Crippen molar-refractivity contribution in [1.29, 1.82) is 0 Å². The number of rotatable bonds is 1. The zero-order chi connectivity index (χ0) is 18.1. The van der Waals surface area contributed by atoms with Crippen LogP contribution in [-0.2, 0) is 15.0 Å². The number of nitrogens with zero attached hydrogens (tertiary/aromatic N) is 1. The van der Waals surface area contributed by atoms with Crippen molar-refractivity contribution in [2.75, 3.05) is 4.90 Å². The fourth-order valence-corrected chi connectivity index (χ4v) is 7.72. The fourth-order valence-electron chi connectivity index (χ4n) is 4.67. The molecule has 134 valence electrons. The second-order valence-corrected chi connectivity index (χ2v) is 10.1. The summed E-state index contributed by atoms with van der Waals surface area (Å²) in [6, 6.07) is 7.26. The van der Waals surface area contributed by atoms with E-state index in [1.165, 1.54) is 28.0 Å². The van der Waals surface area contributed by atoms with Crippen molar-refractivity contribution in [1.82, 2.24) is 4.98 Å². The van der Waals surface area contributed by atoms with Crippen LogP contribution in [0.1, 0.15) is 30.6 Å². The molecule has 3 aliphatic rings. The number of anilines is 1. The van der Waals surface area contributed by atoms with Gasteiger partial charge in [0.15, 0.2) is 0 Å². The molecule has 2 atom stereocenters. The number of thiazole rings is 1. The monoisotopic (exact) mass is 450 g/mol. The van der Waals surface area contributed by atoms with E-state index in [9.17, 15) is 14.4 Å². The molecular weight excluding hydrogens is 436 g/mol. The highest BCUT2D eigenvalue weighted by molar-refractivity contribution is 9.10. The van der Waals surface area contributed by atoms with E-state index in [0.29, 0.717) is 5.69 Å². The molecular formula is C18H15BrN2O3S2. The first-order valence-corrected chi connectivity index (χ1v) is 11.0. The predicted octanol–water partition coefficient (Wildman–Crippen LogP) is 3.67. The van der Waals surface area contributed by atoms with Gasteiger partial charge in [-0.15, -0.1) is 0 Å². The largest absolute Gasteiger partial charge is 0.307 e. The quantitative estimate of drug-likeness (QED) is 0.672. The summed E-state index contributed by atoms with van der Waals surface area (Å²) in [6.45, 7) is 0. The van der Waals surface area contributed by atoms with E-state index in [4.69, 9.17) is 0 Å². The highest BCUT2D eigenvalue weighted by atomic mass is 79.9. The smallest absolute Gasteiger partial charge is 0.305 e. The number of fused-ring (bicyclic) bond motifs is 4. The third-order valence-corrected chi connectivity index (χ3v) is 8.77. The summed E-state index contributed by atoms with van der Waals surface area (Å²) in [7, 11) is 0. The summed E-state index contributed by atoms with van der Waals surface area (Å²) in [5, 5.41) is 0.337. The number of carbonyl (C=O) groups is 2. The van der Waals surface area contributed by atoms with E-state index in [1.807, 2.05) is 12.1 Å². The Morgan fingerprint density at radius 1 is 1.08 bits per heavy atom. The number of carbonyl (C=O) groups excluding carboxylic acids is 2. The number of halogens is 1. The molecule has 1 aromatic carbocycles. The topological polar surface area (TPSA) is 70.2 Å². The van der Waals surface area contributed by atoms with Crippen LogP contribution >= 0.6 is 39.0 Å². The number of H-pyrrole nitrogens is 1. The van der Waals surface area contributed by atoms with Crippen molar-refractivity contribution in [3.63, 3.8) is 0 Å². The molecule has 5 rings (SSSR count). The minimum atomic E-state index is -0.456. The Balaban J connectivity index is 1.65. The summed E-state index contributed by atoms with van der Waals surface area (Å²) in [4.78, 5) is 43.7. The van der Waals surface area contributed by atoms with Crippen LogP contribution < -0.4 is 9.77 Å². The average Bonchev–Trinajstić information content (AvgIpc) is 3.29. The molecule has 2 amide bonds. The molecule has 1 spiro atoms. The minimum absolute atomic E-state index is 0.0987. The van der Waals surface area contributed by atoms with Crippen LogP contribution in [0.4, 0.5) is 5.69 Å². The van der Waals surface area contributed by atoms with Crippen LogP contribution in [0.5, 0.6) is 0 Å². The normalized spacial score (nSPS) is 26.4. The van der Waals surface area contributed by atoms with E-state index >= 15 is 0 Å². The maximum Gasteiger partial charge on any atom is 0.305 e. The molecule has 2 aromatic rings. The molecule has 3 heterocycles. The molecule has 0 bridgehead atoms. The van der Waals surface area contributed by atoms with Crippen LogP contribution in [0.15, 0.2) is 38.6 Å². The number of nitrogens with one attached hydrogen (secondary N) is 1. The van der Waals surface area contributed by atoms with E-state index < -0.39 is 5.25 Å². The second kappa shape index (κ2) is 5.81. The van der Waals surface area contributed by atoms with Gasteiger partial charge in [0.05, 0.1) is 16.6 Å². The molecule has 8 heteroatoms. The highest BCUT2D eigenvalue weighted by Gasteiger charge is 2.63. The lowest BCUT2D eigenvalue weighted by molar-refractivity contribution is -0.123. The molecule has 2 aliphatic heterocycles. The van der Waals surface area contributed by atoms with E-state index in [2.05, 4.69) is 20.9 Å². The molecule has 0 unspecified atom stereocenters. The predicted molar refractivity (Wildman–Crippen MR) is 105 cm³/mol. The van der Waals surface area contributed by atoms with Crippen molar-refractivity contribution in [2.24, 2.45) is 5.92 Å². The molecule has 1 N–H and O–H groups in total. The van der Waals surface area contributed by atoms with Crippen molar-refractivity contribution < 1.29 is 9.59 Å². The molecule has 1 aromatic heterocycles. The van der Waals surface area contributed by atoms with E-state index in [1.54, 1.807) is 12.1 Å². The lowest BCUT2D eigenvalue weighted by atomic mass is 9.71. The Hall–Kier alpha value is -1.38. The number of imide groups is 1. The summed E-state index contributed by atoms with van der Waals surface area (Å²) < 4.78 is 0.902. The standard InChI is InChI=1S/C18H15BrN2O3S2/c19-9-3-5-10(6-4-9)21-15(22)11-12(16(21)23)25-14-13(26-17(24)20-14)18(11)7-1-2-8-18/h3-6,11-12H,1-2,7-8H2,(H,20,24)/t11-,12-/m0/s1. The molecule has 1 saturated carbocycles. The summed E-state index contributed by atoms with van der Waals surface area (Å²) in [5.41, 5.74) is 0.245. The Bertz CT molecular complexity index is 975. The number of hydrogen-bond donors (Lipinski definition) is 1. The molecule has 26 heavy (non-hydrogen) atoms. The van der Waals surface area contributed by atoms with Crippen LogP contribution in [-0.4, -0.2) is 22.0 Å². The van der Waals surface area contributed by atoms with Gasteiger partial charge in [0.2, 0.25) is 11.8 Å². The number of hydrogen-bond acceptors (Lipinski definition) is 5. The van der Waals surface area contributed by atoms with E-state index in [-0.39, 0.29) is 28.0 Å². The first-order valence-electron chi connectivity index (χ1n) is 8.55. The zero-order valence-corrected chi connectivity index (χ0v) is 16.9. The number of amides is 2. The summed E-state index contributed by atoms with van der Waals surface area (Å²) in [5.74, 6) is -0.676. The van der Waals surface area contributed by atoms with Crippen LogP contribution in [0, 0.1) is 5.92 Å². The second-order valence-electron chi connectivity index (χ2n) is 7.04. The number of aromatic amines is 1. The molecule has 1 saturated heterocycles. The third-order valence-electron chi connectivity index (χ3n) is 5.74. The van der Waals surface area contributed by atoms with Gasteiger partial charge in [0.25, 0.3) is 0 Å². The van der Waals surface area contributed by atoms with Crippen LogP contribution in [0.2, 0.25) is 0 Å². The van der Waals surface area contributed by atoms with Crippen molar-refractivity contribution in [3.8, 4) is 0 Å². The lowest BCUT2D eigenvalue weighted by Gasteiger charge is -2.39. The SMILES string of the molecule is O=C1[C@H]2Sc3[nH]c(=O)sc3C3(CCCC3)[C@@H]2C(=O)N1c1ccc(Br)cc1. The van der Waals surface area contributed by atoms with Gasteiger partial charge in [0, 0.05) is 14.8 Å². The van der Waals surface area contributed by atoms with Gasteiger partial charge < -0.3 is 4.98 Å². The average molecular weight is 451 g/mol. The maximum absolute atomic E-state index is 13.4. The Labute approximate surface area is 166 Å². The van der Waals surface area contributed by atoms with Gasteiger partial charge >= 0.3 is 4.87 Å². The number of benzene rings is 1. The zero-order valence-electron chi connectivity index (χ0n) is 13.7. The van der Waals surface area contributed by atoms with Gasteiger partial charge in [0.1, 0.15) is 5.25 Å². The number of aromatic nitrogens is 1. The van der Waals surface area contributed by atoms with Crippen LogP contribution in [0.25, 0.3) is 0 Å². The molecule has 1 aliphatic carbocycles. The van der Waals surface area contributed by atoms with Gasteiger partial charge in [-0.05, 0) is 37.1 Å². The van der Waals surface area contributed by atoms with Crippen molar-refractivity contribution >= 4 is 56.5 Å². The Morgan fingerprint density at radius 3 is 2.46 bits per heavy atom. The molecule has 2 fully saturated rings. The Kier molecular flexibility index (Phi) is 3.75. The molecule has 5 nitrogen and oxygen atoms in total. The third kappa shape index (κ3) is 2.18. The Morgan fingerprint density at radius 2 is 1.77 bits per heavy atom. The van der Waals surface area contributed by atoms with Crippen molar-refractivity contribution in [2.45, 2.75) is 41.4 Å². The lowest BCUT2D eigenvalue weighted by Crippen LogP contribution is -2.43. The molecule has 0 radical (unpaired) electrons. The fraction of sp³-hybridized carbons (Fsp3) is 0.389. The van der Waals surface area contributed by atoms with Crippen LogP contribution in [0.3, 0.4) is 0 Å². The van der Waals surface area contributed by atoms with Crippen molar-refractivity contribution in [3.05, 3.63) is 43.3 Å². The first kappa shape index (κ1) is 16.8. The van der Waals surface area contributed by atoms with Gasteiger partial charge in [-0.1, -0.05) is 51.9 Å². The minimum Gasteiger partial charge on any atom is -0.307 e. The summed E-state index contributed by atoms with van der Waals surface area (Å²) in [6.07, 6.45) is 3.78. The first-order chi connectivity index (χ1) is 12.5. The van der Waals surface area contributed by atoms with Gasteiger partial charge in [-0.2, -0.15) is 0 Å². The maximum atomic E-state index is 13.4. The van der Waals surface area contributed by atoms with Gasteiger partial charge in [-0.3, -0.25) is 14.4 Å². The highest BCUT2D eigenvalue weighted by Crippen LogP contribution is 2.59. The van der Waals surface area contributed by atoms with Gasteiger partial charge in [-0.25, -0.2) is 4.90 Å².